The van der Waals surface area contributed by atoms with Gasteiger partial charge in [0.15, 0.2) is 11.5 Å². The molecule has 7 nitrogen and oxygen atoms in total. The van der Waals surface area contributed by atoms with Gasteiger partial charge in [0.1, 0.15) is 0 Å². The molecule has 5 rings (SSSR count). The van der Waals surface area contributed by atoms with E-state index in [0.717, 1.165) is 34.6 Å². The average Bonchev–Trinajstić information content (AvgIpc) is 3.24. The molecule has 0 radical (unpaired) electrons. The van der Waals surface area contributed by atoms with E-state index >= 15 is 0 Å². The van der Waals surface area contributed by atoms with Gasteiger partial charge >= 0.3 is 5.91 Å². The smallest absolute Gasteiger partial charge is 0.304 e. The fourth-order valence-electron chi connectivity index (χ4n) is 4.48. The monoisotopic (exact) mass is 381 g/mol. The second-order valence-corrected chi connectivity index (χ2v) is 7.49. The van der Waals surface area contributed by atoms with Gasteiger partial charge in [-0.25, -0.2) is 4.90 Å². The normalized spacial score (nSPS) is 22.3. The van der Waals surface area contributed by atoms with Gasteiger partial charge in [-0.05, 0) is 30.7 Å². The van der Waals surface area contributed by atoms with Crippen molar-refractivity contribution >= 4 is 17.4 Å². The number of carbonyl (C=O) groups is 2. The van der Waals surface area contributed by atoms with Crippen LogP contribution in [0, 0.1) is 6.92 Å². The van der Waals surface area contributed by atoms with Gasteiger partial charge in [-0.3, -0.25) is 9.59 Å². The number of benzene rings is 2. The van der Waals surface area contributed by atoms with Gasteiger partial charge in [0, 0.05) is 6.42 Å². The summed E-state index contributed by atoms with van der Waals surface area (Å²) < 4.78 is 16.9. The third-order valence-electron chi connectivity index (χ3n) is 5.80. The first kappa shape index (κ1) is 17.1. The summed E-state index contributed by atoms with van der Waals surface area (Å²) in [6, 6.07) is 7.53. The Morgan fingerprint density at radius 2 is 2.04 bits per heavy atom. The minimum atomic E-state index is -0.502. The Morgan fingerprint density at radius 3 is 2.82 bits per heavy atom. The van der Waals surface area contributed by atoms with E-state index in [9.17, 15) is 9.59 Å². The molecule has 1 unspecified atom stereocenters. The van der Waals surface area contributed by atoms with Crippen molar-refractivity contribution in [3.63, 3.8) is 0 Å². The zero-order valence-corrected chi connectivity index (χ0v) is 16.0. The molecule has 0 bridgehead atoms. The molecule has 3 aliphatic rings. The van der Waals surface area contributed by atoms with Gasteiger partial charge in [-0.15, -0.1) is 0 Å². The summed E-state index contributed by atoms with van der Waals surface area (Å²) in [6.45, 7) is 2.88. The van der Waals surface area contributed by atoms with Crippen LogP contribution < -0.4 is 24.0 Å². The van der Waals surface area contributed by atoms with E-state index in [4.69, 9.17) is 14.2 Å². The number of hydrogen-bond acceptors (Lipinski definition) is 5. The van der Waals surface area contributed by atoms with Gasteiger partial charge in [-0.1, -0.05) is 11.6 Å². The maximum Gasteiger partial charge on any atom is 0.304 e. The molecule has 0 aromatic heterocycles. The van der Waals surface area contributed by atoms with Crippen LogP contribution in [0.5, 0.6) is 17.2 Å². The number of amides is 1. The highest BCUT2D eigenvalue weighted by Gasteiger charge is 2.48. The SMILES string of the molecule is COc1c2c(cc3c1[C@@H](N1C(=O)C(=O)c4cc(C)ccc41)[NH+](C)CC3)OCO2. The molecule has 0 saturated heterocycles. The standard InChI is InChI=1S/C21H20N2O5/c1-11-4-5-14-13(8-11)17(24)21(25)23(14)20-16-12(6-7-22(20)2)9-15-18(19(16)26-3)28-10-27-15/h4-5,8-9,20H,6-7,10H2,1-3H3/p+1/t20-/m1/s1. The summed E-state index contributed by atoms with van der Waals surface area (Å²) in [5, 5.41) is 0. The van der Waals surface area contributed by atoms with E-state index in [1.165, 1.54) is 0 Å². The number of hydrogen-bond donors (Lipinski definition) is 1. The lowest BCUT2D eigenvalue weighted by atomic mass is 9.94. The van der Waals surface area contributed by atoms with E-state index in [2.05, 4.69) is 0 Å². The van der Waals surface area contributed by atoms with Crippen molar-refractivity contribution in [2.24, 2.45) is 0 Å². The van der Waals surface area contributed by atoms with Gasteiger partial charge in [-0.2, -0.15) is 0 Å². The molecule has 0 fully saturated rings. The van der Waals surface area contributed by atoms with E-state index < -0.39 is 11.7 Å². The van der Waals surface area contributed by atoms with Crippen LogP contribution in [0.3, 0.4) is 0 Å². The van der Waals surface area contributed by atoms with Crippen molar-refractivity contribution in [3.8, 4) is 17.2 Å². The Labute approximate surface area is 162 Å². The first-order valence-corrected chi connectivity index (χ1v) is 9.31. The molecule has 2 aromatic rings. The number of nitrogens with zero attached hydrogens (tertiary/aromatic N) is 1. The van der Waals surface area contributed by atoms with Gasteiger partial charge in [0.25, 0.3) is 5.78 Å². The van der Waals surface area contributed by atoms with E-state index in [1.54, 1.807) is 18.1 Å². The van der Waals surface area contributed by atoms with Crippen molar-refractivity contribution in [3.05, 3.63) is 46.5 Å². The van der Waals surface area contributed by atoms with Crippen LogP contribution in [0.4, 0.5) is 5.69 Å². The predicted molar refractivity (Wildman–Crippen MR) is 100 cm³/mol. The number of carbonyl (C=O) groups excluding carboxylic acids is 2. The van der Waals surface area contributed by atoms with E-state index in [1.807, 2.05) is 32.2 Å². The fraction of sp³-hybridized carbons (Fsp3) is 0.333. The van der Waals surface area contributed by atoms with Crippen molar-refractivity contribution in [2.75, 3.05) is 32.4 Å². The van der Waals surface area contributed by atoms with Crippen molar-refractivity contribution in [2.45, 2.75) is 19.5 Å². The van der Waals surface area contributed by atoms with Crippen LogP contribution in [-0.4, -0.2) is 39.2 Å². The van der Waals surface area contributed by atoms with Gasteiger partial charge < -0.3 is 19.1 Å². The Balaban J connectivity index is 1.73. The van der Waals surface area contributed by atoms with E-state index in [0.29, 0.717) is 28.5 Å². The number of methoxy groups -OCH3 is 1. The zero-order chi connectivity index (χ0) is 19.6. The number of fused-ring (bicyclic) bond motifs is 3. The van der Waals surface area contributed by atoms with Crippen LogP contribution >= 0.6 is 0 Å². The van der Waals surface area contributed by atoms with Crippen LogP contribution in [-0.2, 0) is 11.2 Å². The molecule has 0 saturated carbocycles. The summed E-state index contributed by atoms with van der Waals surface area (Å²) in [5.41, 5.74) is 4.00. The highest BCUT2D eigenvalue weighted by atomic mass is 16.7. The lowest BCUT2D eigenvalue weighted by molar-refractivity contribution is -0.913. The number of Topliss-reactive ketones (excluding diaryl/α,β-unsaturated/α-hetero) is 1. The molecule has 1 amide bonds. The number of ketones is 1. The number of aryl methyl sites for hydroxylation is 1. The highest BCUT2D eigenvalue weighted by Crippen LogP contribution is 2.49. The Hall–Kier alpha value is -3.06. The maximum atomic E-state index is 13.0. The molecule has 3 heterocycles. The zero-order valence-electron chi connectivity index (χ0n) is 16.0. The number of nitrogens with one attached hydrogen (secondary N) is 1. The molecule has 7 heteroatoms. The third-order valence-corrected chi connectivity index (χ3v) is 5.80. The Kier molecular flexibility index (Phi) is 3.64. The first-order valence-electron chi connectivity index (χ1n) is 9.31. The molecule has 0 spiro atoms. The Morgan fingerprint density at radius 1 is 1.21 bits per heavy atom. The number of anilines is 1. The minimum absolute atomic E-state index is 0.144. The maximum absolute atomic E-state index is 13.0. The molecule has 3 aliphatic heterocycles. The summed E-state index contributed by atoms with van der Waals surface area (Å²) in [6.07, 6.45) is 0.440. The molecular formula is C21H21N2O5+. The van der Waals surface area contributed by atoms with Crippen LogP contribution in [0.15, 0.2) is 24.3 Å². The summed E-state index contributed by atoms with van der Waals surface area (Å²) >= 11 is 0. The summed E-state index contributed by atoms with van der Waals surface area (Å²) in [4.78, 5) is 28.4. The molecule has 2 aromatic carbocycles. The fourth-order valence-corrected chi connectivity index (χ4v) is 4.48. The molecule has 0 aliphatic carbocycles. The number of quaternary nitrogens is 1. The van der Waals surface area contributed by atoms with Crippen molar-refractivity contribution in [1.29, 1.82) is 0 Å². The second kappa shape index (κ2) is 5.97. The average molecular weight is 381 g/mol. The molecule has 1 N–H and O–H groups in total. The lowest BCUT2D eigenvalue weighted by Gasteiger charge is -2.37. The predicted octanol–water partition coefficient (Wildman–Crippen LogP) is 1.03. The third kappa shape index (κ3) is 2.19. The van der Waals surface area contributed by atoms with Gasteiger partial charge in [0.05, 0.1) is 37.5 Å². The largest absolute Gasteiger partial charge is 0.492 e. The number of rotatable bonds is 2. The second-order valence-electron chi connectivity index (χ2n) is 7.49. The highest BCUT2D eigenvalue weighted by molar-refractivity contribution is 6.52. The Bertz CT molecular complexity index is 1030. The molecular weight excluding hydrogens is 360 g/mol. The summed E-state index contributed by atoms with van der Waals surface area (Å²) in [5.74, 6) is 0.836. The topological polar surface area (TPSA) is 69.5 Å². The van der Waals surface area contributed by atoms with Crippen molar-refractivity contribution in [1.82, 2.24) is 0 Å². The van der Waals surface area contributed by atoms with Crippen LogP contribution in [0.25, 0.3) is 0 Å². The molecule has 144 valence electrons. The minimum Gasteiger partial charge on any atom is -0.492 e. The molecule has 28 heavy (non-hydrogen) atoms. The van der Waals surface area contributed by atoms with Crippen LogP contribution in [0.1, 0.15) is 33.2 Å². The van der Waals surface area contributed by atoms with Crippen molar-refractivity contribution < 1.29 is 28.7 Å². The molecule has 2 atom stereocenters. The number of likely N-dealkylation sites (N-methyl/N-ethyl adjacent to an activating group) is 1. The quantitative estimate of drug-likeness (QED) is 0.787. The first-order chi connectivity index (χ1) is 13.5. The van der Waals surface area contributed by atoms with Gasteiger partial charge in [0.2, 0.25) is 18.7 Å². The summed E-state index contributed by atoms with van der Waals surface area (Å²) in [7, 11) is 3.62. The van der Waals surface area contributed by atoms with Crippen LogP contribution in [0.2, 0.25) is 0 Å². The lowest BCUT2D eigenvalue weighted by Crippen LogP contribution is -3.12. The number of ether oxygens (including phenoxy) is 3. The van der Waals surface area contributed by atoms with E-state index in [-0.39, 0.29) is 13.0 Å².